The monoisotopic (exact) mass is 584 g/mol. The number of aliphatic hydroxyl groups excluding tert-OH is 1. The molecular weight excluding hydrogens is 548 g/mol. The van der Waals surface area contributed by atoms with Crippen LogP contribution in [0.3, 0.4) is 0 Å². The minimum absolute atomic E-state index is 0.0304. The number of aliphatic hydroxyl groups is 1. The largest absolute Gasteiger partial charge is 0.512 e. The first-order chi connectivity index (χ1) is 20.3. The second-order valence-corrected chi connectivity index (χ2v) is 12.5. The SMILES string of the molecule is CCCC1(CCc2ccccc2)CC(O)=C(C(CC)N(c2ccccc2)S(=O)(=O)c2ccc3ccccc3n2)C(=O)O1. The highest BCUT2D eigenvalue weighted by molar-refractivity contribution is 7.92. The van der Waals surface area contributed by atoms with Crippen LogP contribution in [-0.4, -0.2) is 36.1 Å². The molecule has 42 heavy (non-hydrogen) atoms. The van der Waals surface area contributed by atoms with E-state index in [1.807, 2.05) is 49.4 Å². The number of hydrogen-bond acceptors (Lipinski definition) is 6. The summed E-state index contributed by atoms with van der Waals surface area (Å²) in [7, 11) is -4.27. The third-order valence-corrected chi connectivity index (χ3v) is 9.60. The molecule has 2 unspecified atom stereocenters. The van der Waals surface area contributed by atoms with Gasteiger partial charge in [0.2, 0.25) is 0 Å². The van der Waals surface area contributed by atoms with Gasteiger partial charge < -0.3 is 9.84 Å². The topological polar surface area (TPSA) is 96.8 Å². The van der Waals surface area contributed by atoms with Gasteiger partial charge in [-0.05, 0) is 61.6 Å². The molecular formula is C34H36N2O5S. The lowest BCUT2D eigenvalue weighted by molar-refractivity contribution is -0.161. The van der Waals surface area contributed by atoms with E-state index in [0.717, 1.165) is 17.4 Å². The quantitative estimate of drug-likeness (QED) is 0.188. The van der Waals surface area contributed by atoms with Gasteiger partial charge >= 0.3 is 5.97 Å². The maximum Gasteiger partial charge on any atom is 0.340 e. The minimum atomic E-state index is -4.27. The van der Waals surface area contributed by atoms with Gasteiger partial charge in [0.25, 0.3) is 10.0 Å². The molecule has 2 atom stereocenters. The average Bonchev–Trinajstić information content (AvgIpc) is 3.00. The molecule has 0 radical (unpaired) electrons. The average molecular weight is 585 g/mol. The minimum Gasteiger partial charge on any atom is -0.512 e. The van der Waals surface area contributed by atoms with Crippen molar-refractivity contribution < 1.29 is 23.1 Å². The molecule has 5 rings (SSSR count). The second-order valence-electron chi connectivity index (χ2n) is 10.7. The number of para-hydroxylation sites is 2. The van der Waals surface area contributed by atoms with Crippen LogP contribution in [0.15, 0.2) is 113 Å². The van der Waals surface area contributed by atoms with Crippen molar-refractivity contribution in [3.63, 3.8) is 0 Å². The normalized spacial score (nSPS) is 18.1. The Morgan fingerprint density at radius 1 is 0.905 bits per heavy atom. The van der Waals surface area contributed by atoms with Crippen LogP contribution in [0.25, 0.3) is 10.9 Å². The predicted octanol–water partition coefficient (Wildman–Crippen LogP) is 7.14. The standard InChI is InChI=1S/C34H36N2O5S/c1-3-22-34(23-21-25-13-7-5-8-14-25)24-30(37)32(33(38)41-34)29(4-2)36(27-16-9-6-10-17-27)42(39,40)31-20-19-26-15-11-12-18-28(26)35-31/h5-20,29,37H,3-4,21-24H2,1-2H3. The highest BCUT2D eigenvalue weighted by Gasteiger charge is 2.46. The summed E-state index contributed by atoms with van der Waals surface area (Å²) in [6.45, 7) is 3.81. The lowest BCUT2D eigenvalue weighted by atomic mass is 9.82. The van der Waals surface area contributed by atoms with Crippen LogP contribution >= 0.6 is 0 Å². The summed E-state index contributed by atoms with van der Waals surface area (Å²) in [5.41, 5.74) is 1.12. The van der Waals surface area contributed by atoms with E-state index in [-0.39, 0.29) is 29.2 Å². The van der Waals surface area contributed by atoms with Crippen LogP contribution in [0.5, 0.6) is 0 Å². The van der Waals surface area contributed by atoms with Crippen molar-refractivity contribution in [2.45, 2.75) is 69.0 Å². The van der Waals surface area contributed by atoms with Gasteiger partial charge in [0.05, 0.1) is 22.8 Å². The number of carbonyl (C=O) groups excluding carboxylic acids is 1. The zero-order chi connectivity index (χ0) is 29.7. The number of anilines is 1. The molecule has 1 aliphatic heterocycles. The van der Waals surface area contributed by atoms with Crippen LogP contribution < -0.4 is 4.31 Å². The van der Waals surface area contributed by atoms with Crippen LogP contribution in [0.2, 0.25) is 0 Å². The number of nitrogens with zero attached hydrogens (tertiary/aromatic N) is 2. The Hall–Kier alpha value is -4.17. The fourth-order valence-corrected chi connectivity index (χ4v) is 7.49. The molecule has 1 N–H and O–H groups in total. The summed E-state index contributed by atoms with van der Waals surface area (Å²) in [5.74, 6) is -0.808. The van der Waals surface area contributed by atoms with Crippen molar-refractivity contribution in [3.8, 4) is 0 Å². The number of ether oxygens (including phenoxy) is 1. The molecule has 218 valence electrons. The van der Waals surface area contributed by atoms with Gasteiger partial charge in [0, 0.05) is 11.8 Å². The zero-order valence-corrected chi connectivity index (χ0v) is 24.8. The molecule has 0 bridgehead atoms. The molecule has 7 nitrogen and oxygen atoms in total. The molecule has 0 amide bonds. The molecule has 0 spiro atoms. The summed E-state index contributed by atoms with van der Waals surface area (Å²) in [6, 6.07) is 28.1. The van der Waals surface area contributed by atoms with Gasteiger partial charge in [0.1, 0.15) is 11.4 Å². The summed E-state index contributed by atoms with van der Waals surface area (Å²) >= 11 is 0. The van der Waals surface area contributed by atoms with Gasteiger partial charge in [0.15, 0.2) is 5.03 Å². The molecule has 0 aliphatic carbocycles. The number of esters is 1. The molecule has 3 aromatic carbocycles. The van der Waals surface area contributed by atoms with E-state index < -0.39 is 27.6 Å². The zero-order valence-electron chi connectivity index (χ0n) is 23.9. The molecule has 0 saturated heterocycles. The number of rotatable bonds is 11. The number of pyridine rings is 1. The van der Waals surface area contributed by atoms with Gasteiger partial charge in [-0.3, -0.25) is 4.31 Å². The lowest BCUT2D eigenvalue weighted by Gasteiger charge is -2.40. The Morgan fingerprint density at radius 2 is 1.57 bits per heavy atom. The van der Waals surface area contributed by atoms with E-state index in [9.17, 15) is 18.3 Å². The summed E-state index contributed by atoms with van der Waals surface area (Å²) in [6.07, 6.45) is 2.93. The summed E-state index contributed by atoms with van der Waals surface area (Å²) in [4.78, 5) is 18.3. The number of aryl methyl sites for hydroxylation is 1. The first-order valence-corrected chi connectivity index (χ1v) is 15.9. The van der Waals surface area contributed by atoms with E-state index in [4.69, 9.17) is 4.74 Å². The third-order valence-electron chi connectivity index (χ3n) is 7.86. The molecule has 0 saturated carbocycles. The van der Waals surface area contributed by atoms with Crippen molar-refractivity contribution in [2.24, 2.45) is 0 Å². The van der Waals surface area contributed by atoms with Crippen molar-refractivity contribution >= 4 is 32.6 Å². The smallest absolute Gasteiger partial charge is 0.340 e. The number of fused-ring (bicyclic) bond motifs is 1. The summed E-state index contributed by atoms with van der Waals surface area (Å²) in [5, 5.41) is 12.2. The maximum absolute atomic E-state index is 14.3. The maximum atomic E-state index is 14.3. The number of sulfonamides is 1. The molecule has 4 aromatic rings. The second kappa shape index (κ2) is 12.4. The first kappa shape index (κ1) is 29.3. The highest BCUT2D eigenvalue weighted by atomic mass is 32.2. The third kappa shape index (κ3) is 5.90. The van der Waals surface area contributed by atoms with Gasteiger partial charge in [-0.15, -0.1) is 0 Å². The van der Waals surface area contributed by atoms with Crippen molar-refractivity contribution in [1.82, 2.24) is 4.98 Å². The molecule has 2 heterocycles. The van der Waals surface area contributed by atoms with Crippen LogP contribution in [0.4, 0.5) is 5.69 Å². The van der Waals surface area contributed by atoms with Gasteiger partial charge in [-0.1, -0.05) is 87.0 Å². The lowest BCUT2D eigenvalue weighted by Crippen LogP contribution is -2.48. The Balaban J connectivity index is 1.56. The Morgan fingerprint density at radius 3 is 2.24 bits per heavy atom. The summed E-state index contributed by atoms with van der Waals surface area (Å²) < 4.78 is 36.0. The van der Waals surface area contributed by atoms with E-state index in [2.05, 4.69) is 4.98 Å². The number of hydrogen-bond donors (Lipinski definition) is 1. The first-order valence-electron chi connectivity index (χ1n) is 14.4. The number of cyclic esters (lactones) is 1. The Kier molecular flexibility index (Phi) is 8.64. The number of aromatic nitrogens is 1. The van der Waals surface area contributed by atoms with E-state index in [1.165, 1.54) is 10.4 Å². The Labute approximate surface area is 247 Å². The van der Waals surface area contributed by atoms with Crippen LogP contribution in [0.1, 0.15) is 51.5 Å². The van der Waals surface area contributed by atoms with Crippen LogP contribution in [-0.2, 0) is 26.0 Å². The molecule has 1 aliphatic rings. The fourth-order valence-electron chi connectivity index (χ4n) is 5.85. The van der Waals surface area contributed by atoms with Crippen molar-refractivity contribution in [3.05, 3.63) is 114 Å². The fraction of sp³-hybridized carbons (Fsp3) is 0.294. The van der Waals surface area contributed by atoms with E-state index >= 15 is 0 Å². The van der Waals surface area contributed by atoms with Crippen LogP contribution in [0, 0.1) is 0 Å². The highest BCUT2D eigenvalue weighted by Crippen LogP contribution is 2.40. The van der Waals surface area contributed by atoms with E-state index in [0.29, 0.717) is 30.5 Å². The van der Waals surface area contributed by atoms with Gasteiger partial charge in [-0.25, -0.2) is 9.78 Å². The van der Waals surface area contributed by atoms with Gasteiger partial charge in [-0.2, -0.15) is 8.42 Å². The van der Waals surface area contributed by atoms with Crippen molar-refractivity contribution in [1.29, 1.82) is 0 Å². The predicted molar refractivity (Wildman–Crippen MR) is 165 cm³/mol. The number of benzene rings is 3. The molecule has 0 fully saturated rings. The van der Waals surface area contributed by atoms with E-state index in [1.54, 1.807) is 55.5 Å². The Bertz CT molecular complexity index is 1690. The molecule has 8 heteroatoms. The van der Waals surface area contributed by atoms with Crippen molar-refractivity contribution in [2.75, 3.05) is 4.31 Å². The molecule has 1 aromatic heterocycles. The number of carbonyl (C=O) groups is 1.